The minimum absolute atomic E-state index is 0.276. The van der Waals surface area contributed by atoms with E-state index in [1.54, 1.807) is 13.1 Å². The number of nitrogens with zero attached hydrogens (tertiary/aromatic N) is 2. The summed E-state index contributed by atoms with van der Waals surface area (Å²) in [6, 6.07) is 0. The van der Waals surface area contributed by atoms with Gasteiger partial charge in [-0.05, 0) is 27.2 Å². The van der Waals surface area contributed by atoms with Gasteiger partial charge in [-0.1, -0.05) is 0 Å². The zero-order chi connectivity index (χ0) is 10.6. The quantitative estimate of drug-likeness (QED) is 0.759. The zero-order valence-corrected chi connectivity index (χ0v) is 8.91. The van der Waals surface area contributed by atoms with Gasteiger partial charge in [0, 0.05) is 6.54 Å². The number of aliphatic hydroxyl groups is 1. The number of anilines is 1. The summed E-state index contributed by atoms with van der Waals surface area (Å²) in [5, 5.41) is 12.2. The van der Waals surface area contributed by atoms with E-state index in [2.05, 4.69) is 15.3 Å². The van der Waals surface area contributed by atoms with Gasteiger partial charge in [-0.2, -0.15) is 0 Å². The first-order chi connectivity index (χ1) is 6.59. The van der Waals surface area contributed by atoms with Crippen molar-refractivity contribution in [2.75, 3.05) is 11.9 Å². The Balaban J connectivity index is 2.47. The Hall–Kier alpha value is -1.16. The molecule has 0 amide bonds. The number of aryl methyl sites for hydroxylation is 2. The fourth-order valence-corrected chi connectivity index (χ4v) is 1.04. The molecule has 0 aromatic carbocycles. The molecule has 0 radical (unpaired) electrons. The zero-order valence-electron chi connectivity index (χ0n) is 8.91. The molecule has 14 heavy (non-hydrogen) atoms. The van der Waals surface area contributed by atoms with E-state index in [1.165, 1.54) is 0 Å². The highest BCUT2D eigenvalue weighted by Gasteiger charge is 1.99. The molecule has 0 fully saturated rings. The van der Waals surface area contributed by atoms with Crippen LogP contribution in [0.15, 0.2) is 6.20 Å². The van der Waals surface area contributed by atoms with Gasteiger partial charge in [0.05, 0.1) is 23.7 Å². The summed E-state index contributed by atoms with van der Waals surface area (Å²) in [4.78, 5) is 8.50. The molecule has 4 heteroatoms. The van der Waals surface area contributed by atoms with Crippen LogP contribution in [0.5, 0.6) is 0 Å². The third kappa shape index (κ3) is 3.30. The summed E-state index contributed by atoms with van der Waals surface area (Å²) < 4.78 is 0. The number of aliphatic hydroxyl groups excluding tert-OH is 1. The normalized spacial score (nSPS) is 12.6. The Morgan fingerprint density at radius 1 is 1.43 bits per heavy atom. The summed E-state index contributed by atoms with van der Waals surface area (Å²) in [6.07, 6.45) is 2.15. The first-order valence-corrected chi connectivity index (χ1v) is 4.82. The summed E-state index contributed by atoms with van der Waals surface area (Å²) in [7, 11) is 0. The molecule has 0 saturated heterocycles. The van der Waals surface area contributed by atoms with Crippen LogP contribution < -0.4 is 5.32 Å². The summed E-state index contributed by atoms with van der Waals surface area (Å²) in [5.41, 5.74) is 1.89. The lowest BCUT2D eigenvalue weighted by Crippen LogP contribution is -2.11. The lowest BCUT2D eigenvalue weighted by Gasteiger charge is -2.07. The van der Waals surface area contributed by atoms with Gasteiger partial charge in [0.1, 0.15) is 5.82 Å². The van der Waals surface area contributed by atoms with Crippen LogP contribution in [0.1, 0.15) is 24.7 Å². The van der Waals surface area contributed by atoms with Crippen molar-refractivity contribution in [3.63, 3.8) is 0 Å². The minimum Gasteiger partial charge on any atom is -0.393 e. The molecule has 2 N–H and O–H groups in total. The largest absolute Gasteiger partial charge is 0.393 e. The molecule has 4 nitrogen and oxygen atoms in total. The second kappa shape index (κ2) is 4.91. The molecule has 0 aliphatic carbocycles. The number of rotatable bonds is 4. The van der Waals surface area contributed by atoms with E-state index in [9.17, 15) is 0 Å². The van der Waals surface area contributed by atoms with E-state index in [4.69, 9.17) is 5.11 Å². The first-order valence-electron chi connectivity index (χ1n) is 4.82. The summed E-state index contributed by atoms with van der Waals surface area (Å²) in [6.45, 7) is 6.35. The molecule has 1 aromatic rings. The van der Waals surface area contributed by atoms with Gasteiger partial charge in [0.2, 0.25) is 0 Å². The Morgan fingerprint density at radius 3 is 2.71 bits per heavy atom. The Morgan fingerprint density at radius 2 is 2.14 bits per heavy atom. The molecule has 1 heterocycles. The lowest BCUT2D eigenvalue weighted by atomic mass is 10.3. The maximum atomic E-state index is 9.05. The van der Waals surface area contributed by atoms with Crippen LogP contribution in [0.3, 0.4) is 0 Å². The van der Waals surface area contributed by atoms with Crippen LogP contribution in [-0.4, -0.2) is 27.7 Å². The molecule has 1 unspecified atom stereocenters. The predicted octanol–water partition coefficient (Wildman–Crippen LogP) is 1.28. The van der Waals surface area contributed by atoms with E-state index in [1.807, 2.05) is 13.8 Å². The standard InChI is InChI=1S/C10H17N3O/c1-7(14)4-5-11-10-6-12-8(2)9(3)13-10/h6-7,14H,4-5H2,1-3H3,(H,11,13). The third-order valence-corrected chi connectivity index (χ3v) is 2.06. The van der Waals surface area contributed by atoms with Crippen molar-refractivity contribution < 1.29 is 5.11 Å². The topological polar surface area (TPSA) is 58.0 Å². The molecule has 1 rings (SSSR count). The molecule has 1 atom stereocenters. The Bertz CT molecular complexity index is 299. The second-order valence-corrected chi connectivity index (χ2v) is 3.49. The van der Waals surface area contributed by atoms with Gasteiger partial charge in [0.25, 0.3) is 0 Å². The van der Waals surface area contributed by atoms with Crippen LogP contribution in [-0.2, 0) is 0 Å². The number of nitrogens with one attached hydrogen (secondary N) is 1. The number of hydrogen-bond acceptors (Lipinski definition) is 4. The molecule has 0 bridgehead atoms. The van der Waals surface area contributed by atoms with Gasteiger partial charge in [-0.15, -0.1) is 0 Å². The third-order valence-electron chi connectivity index (χ3n) is 2.06. The Labute approximate surface area is 84.4 Å². The molecule has 0 spiro atoms. The maximum Gasteiger partial charge on any atom is 0.144 e. The van der Waals surface area contributed by atoms with Gasteiger partial charge in [-0.25, -0.2) is 4.98 Å². The van der Waals surface area contributed by atoms with Crippen molar-refractivity contribution in [1.29, 1.82) is 0 Å². The van der Waals surface area contributed by atoms with E-state index >= 15 is 0 Å². The monoisotopic (exact) mass is 195 g/mol. The fourth-order valence-electron chi connectivity index (χ4n) is 1.04. The van der Waals surface area contributed by atoms with Crippen LogP contribution in [0.4, 0.5) is 5.82 Å². The van der Waals surface area contributed by atoms with Crippen molar-refractivity contribution in [2.45, 2.75) is 33.3 Å². The SMILES string of the molecule is Cc1ncc(NCCC(C)O)nc1C. The molecule has 78 valence electrons. The highest BCUT2D eigenvalue weighted by atomic mass is 16.3. The van der Waals surface area contributed by atoms with E-state index in [0.29, 0.717) is 6.42 Å². The van der Waals surface area contributed by atoms with Crippen molar-refractivity contribution in [2.24, 2.45) is 0 Å². The second-order valence-electron chi connectivity index (χ2n) is 3.49. The fraction of sp³-hybridized carbons (Fsp3) is 0.600. The highest BCUT2D eigenvalue weighted by molar-refractivity contribution is 5.33. The average Bonchev–Trinajstić information content (AvgIpc) is 2.10. The van der Waals surface area contributed by atoms with E-state index in [-0.39, 0.29) is 6.10 Å². The first kappa shape index (κ1) is 10.9. The number of aromatic nitrogens is 2. The minimum atomic E-state index is -0.276. The predicted molar refractivity (Wildman–Crippen MR) is 56.3 cm³/mol. The van der Waals surface area contributed by atoms with Crippen molar-refractivity contribution in [3.05, 3.63) is 17.6 Å². The van der Waals surface area contributed by atoms with E-state index in [0.717, 1.165) is 23.8 Å². The van der Waals surface area contributed by atoms with Gasteiger partial charge in [0.15, 0.2) is 0 Å². The molecular weight excluding hydrogens is 178 g/mol. The number of hydrogen-bond donors (Lipinski definition) is 2. The van der Waals surface area contributed by atoms with Crippen LogP contribution in [0, 0.1) is 13.8 Å². The Kier molecular flexibility index (Phi) is 3.83. The smallest absolute Gasteiger partial charge is 0.144 e. The molecule has 0 saturated carbocycles. The molecule has 1 aromatic heterocycles. The van der Waals surface area contributed by atoms with Gasteiger partial charge in [-0.3, -0.25) is 4.98 Å². The van der Waals surface area contributed by atoms with Crippen LogP contribution in [0.25, 0.3) is 0 Å². The average molecular weight is 195 g/mol. The van der Waals surface area contributed by atoms with Crippen LogP contribution >= 0.6 is 0 Å². The molecule has 0 aliphatic heterocycles. The summed E-state index contributed by atoms with van der Waals surface area (Å²) >= 11 is 0. The van der Waals surface area contributed by atoms with E-state index < -0.39 is 0 Å². The van der Waals surface area contributed by atoms with Gasteiger partial charge >= 0.3 is 0 Å². The molecule has 0 aliphatic rings. The summed E-state index contributed by atoms with van der Waals surface area (Å²) in [5.74, 6) is 0.772. The maximum absolute atomic E-state index is 9.05. The van der Waals surface area contributed by atoms with Gasteiger partial charge < -0.3 is 10.4 Å². The van der Waals surface area contributed by atoms with Crippen LogP contribution in [0.2, 0.25) is 0 Å². The van der Waals surface area contributed by atoms with Crippen molar-refractivity contribution >= 4 is 5.82 Å². The van der Waals surface area contributed by atoms with Crippen molar-refractivity contribution in [3.8, 4) is 0 Å². The molecular formula is C10H17N3O. The highest BCUT2D eigenvalue weighted by Crippen LogP contribution is 2.05. The lowest BCUT2D eigenvalue weighted by molar-refractivity contribution is 0.188. The van der Waals surface area contributed by atoms with Crippen molar-refractivity contribution in [1.82, 2.24) is 9.97 Å².